The van der Waals surface area contributed by atoms with Gasteiger partial charge in [0, 0.05) is 18.7 Å². The molecule has 6 heteroatoms. The van der Waals surface area contributed by atoms with Gasteiger partial charge in [0.15, 0.2) is 9.84 Å². The lowest BCUT2D eigenvalue weighted by molar-refractivity contribution is 0.0659. The van der Waals surface area contributed by atoms with Gasteiger partial charge < -0.3 is 9.32 Å². The van der Waals surface area contributed by atoms with Gasteiger partial charge in [0.25, 0.3) is 5.91 Å². The zero-order valence-electron chi connectivity index (χ0n) is 13.6. The lowest BCUT2D eigenvalue weighted by Crippen LogP contribution is -2.57. The Hall–Kier alpha value is -2.08. The number of carbonyl (C=O) groups is 1. The fraction of sp³-hybridized carbons (Fsp3) is 0.389. The van der Waals surface area contributed by atoms with Crippen molar-refractivity contribution < 1.29 is 17.6 Å². The number of aryl methyl sites for hydroxylation is 1. The Morgan fingerprint density at radius 3 is 2.50 bits per heavy atom. The highest BCUT2D eigenvalue weighted by Crippen LogP contribution is 2.22. The predicted octanol–water partition coefficient (Wildman–Crippen LogP) is 2.67. The first-order chi connectivity index (χ1) is 11.5. The molecule has 5 nitrogen and oxygen atoms in total. The van der Waals surface area contributed by atoms with E-state index in [1.165, 1.54) is 11.8 Å². The smallest absolute Gasteiger partial charge is 0.253 e. The summed E-state index contributed by atoms with van der Waals surface area (Å²) in [5.41, 5.74) is 1.81. The van der Waals surface area contributed by atoms with Crippen LogP contribution in [0, 0.1) is 0 Å². The number of carbonyl (C=O) groups excluding carboxylic acids is 1. The van der Waals surface area contributed by atoms with E-state index in [0.717, 1.165) is 12.8 Å². The Bertz CT molecular complexity index is 788. The van der Waals surface area contributed by atoms with Gasteiger partial charge in [-0.15, -0.1) is 0 Å². The van der Waals surface area contributed by atoms with Crippen LogP contribution < -0.4 is 0 Å². The van der Waals surface area contributed by atoms with Crippen molar-refractivity contribution >= 4 is 15.7 Å². The lowest BCUT2D eigenvalue weighted by Gasteiger charge is -2.38. The monoisotopic (exact) mass is 347 g/mol. The number of likely N-dealkylation sites (tertiary alicyclic amines) is 1. The summed E-state index contributed by atoms with van der Waals surface area (Å²) in [7, 11) is -3.30. The molecule has 1 amide bonds. The van der Waals surface area contributed by atoms with Gasteiger partial charge in [-0.3, -0.25) is 4.79 Å². The molecular formula is C18H21NO4S. The molecule has 1 fully saturated rings. The minimum Gasteiger partial charge on any atom is -0.468 e. The Kier molecular flexibility index (Phi) is 4.76. The van der Waals surface area contributed by atoms with E-state index < -0.39 is 15.1 Å². The summed E-state index contributed by atoms with van der Waals surface area (Å²) >= 11 is 0. The Morgan fingerprint density at radius 2 is 1.92 bits per heavy atom. The van der Waals surface area contributed by atoms with Crippen LogP contribution in [-0.2, 0) is 22.0 Å². The Labute approximate surface area is 142 Å². The zero-order valence-corrected chi connectivity index (χ0v) is 14.5. The van der Waals surface area contributed by atoms with Crippen molar-refractivity contribution in [1.29, 1.82) is 0 Å². The highest BCUT2D eigenvalue weighted by molar-refractivity contribution is 7.91. The standard InChI is InChI=1S/C18H21NO4S/c1-2-4-14-6-8-15(9-7-14)18(20)19-11-17(12-19)24(21,22)13-16-5-3-10-23-16/h3,5-10,17H,2,4,11-13H2,1H3. The number of hydrogen-bond acceptors (Lipinski definition) is 4. The second-order valence-corrected chi connectivity index (χ2v) is 8.45. The maximum absolute atomic E-state index is 12.4. The number of hydrogen-bond donors (Lipinski definition) is 0. The highest BCUT2D eigenvalue weighted by Gasteiger charge is 2.40. The molecular weight excluding hydrogens is 326 g/mol. The van der Waals surface area contributed by atoms with Crippen LogP contribution in [0.2, 0.25) is 0 Å². The summed E-state index contributed by atoms with van der Waals surface area (Å²) in [6.45, 7) is 2.61. The van der Waals surface area contributed by atoms with Crippen molar-refractivity contribution in [2.75, 3.05) is 13.1 Å². The van der Waals surface area contributed by atoms with E-state index in [1.807, 2.05) is 24.3 Å². The van der Waals surface area contributed by atoms with Crippen molar-refractivity contribution in [1.82, 2.24) is 4.90 Å². The molecule has 0 aliphatic carbocycles. The summed E-state index contributed by atoms with van der Waals surface area (Å²) in [5.74, 6) is 0.215. The third kappa shape index (κ3) is 3.53. The molecule has 1 aliphatic rings. The molecule has 0 radical (unpaired) electrons. The topological polar surface area (TPSA) is 67.6 Å². The lowest BCUT2D eigenvalue weighted by atomic mass is 10.1. The first-order valence-corrected chi connectivity index (χ1v) is 9.83. The maximum atomic E-state index is 12.4. The molecule has 0 spiro atoms. The molecule has 1 aliphatic heterocycles. The van der Waals surface area contributed by atoms with E-state index in [4.69, 9.17) is 4.42 Å². The van der Waals surface area contributed by atoms with Gasteiger partial charge in [-0.05, 0) is 36.2 Å². The van der Waals surface area contributed by atoms with Crippen molar-refractivity contribution in [2.24, 2.45) is 0 Å². The molecule has 0 atom stereocenters. The minimum atomic E-state index is -3.30. The van der Waals surface area contributed by atoms with Gasteiger partial charge in [-0.2, -0.15) is 0 Å². The van der Waals surface area contributed by atoms with Crippen molar-refractivity contribution in [3.8, 4) is 0 Å². The van der Waals surface area contributed by atoms with Crippen molar-refractivity contribution in [2.45, 2.75) is 30.8 Å². The van der Waals surface area contributed by atoms with E-state index in [2.05, 4.69) is 6.92 Å². The molecule has 0 saturated carbocycles. The van der Waals surface area contributed by atoms with Crippen LogP contribution in [0.1, 0.15) is 35.0 Å². The fourth-order valence-corrected chi connectivity index (χ4v) is 4.44. The quantitative estimate of drug-likeness (QED) is 0.806. The molecule has 3 rings (SSSR count). The first kappa shape index (κ1) is 16.8. The van der Waals surface area contributed by atoms with Gasteiger partial charge in [-0.1, -0.05) is 25.5 Å². The largest absolute Gasteiger partial charge is 0.468 e. The van der Waals surface area contributed by atoms with Crippen LogP contribution >= 0.6 is 0 Å². The second kappa shape index (κ2) is 6.81. The van der Waals surface area contributed by atoms with E-state index >= 15 is 0 Å². The maximum Gasteiger partial charge on any atom is 0.253 e. The van der Waals surface area contributed by atoms with Crippen molar-refractivity contribution in [3.05, 3.63) is 59.5 Å². The van der Waals surface area contributed by atoms with Crippen LogP contribution in [0.4, 0.5) is 0 Å². The normalized spacial score (nSPS) is 15.3. The molecule has 2 aromatic rings. The number of rotatable bonds is 6. The number of amides is 1. The SMILES string of the molecule is CCCc1ccc(C(=O)N2CC(S(=O)(=O)Cc3ccco3)C2)cc1. The number of furan rings is 1. The number of sulfone groups is 1. The zero-order chi connectivity index (χ0) is 17.2. The molecule has 0 bridgehead atoms. The van der Waals surface area contributed by atoms with Gasteiger partial charge in [0.1, 0.15) is 11.5 Å². The first-order valence-electron chi connectivity index (χ1n) is 8.12. The van der Waals surface area contributed by atoms with E-state index in [0.29, 0.717) is 11.3 Å². The molecule has 128 valence electrons. The number of nitrogens with zero attached hydrogens (tertiary/aromatic N) is 1. The average Bonchev–Trinajstić information content (AvgIpc) is 2.98. The van der Waals surface area contributed by atoms with E-state index in [-0.39, 0.29) is 24.7 Å². The van der Waals surface area contributed by atoms with Gasteiger partial charge in [0.2, 0.25) is 0 Å². The summed E-state index contributed by atoms with van der Waals surface area (Å²) in [4.78, 5) is 14.0. The van der Waals surface area contributed by atoms with Gasteiger partial charge in [0.05, 0.1) is 11.5 Å². The second-order valence-electron chi connectivity index (χ2n) is 6.17. The van der Waals surface area contributed by atoms with Crippen LogP contribution in [0.25, 0.3) is 0 Å². The molecule has 1 aromatic carbocycles. The molecule has 1 saturated heterocycles. The van der Waals surface area contributed by atoms with Crippen LogP contribution in [0.5, 0.6) is 0 Å². The van der Waals surface area contributed by atoms with Gasteiger partial charge in [-0.25, -0.2) is 8.42 Å². The summed E-state index contributed by atoms with van der Waals surface area (Å²) in [6.07, 6.45) is 3.52. The molecule has 2 heterocycles. The third-order valence-corrected chi connectivity index (χ3v) is 6.31. The fourth-order valence-electron chi connectivity index (χ4n) is 2.83. The third-order valence-electron chi connectivity index (χ3n) is 4.31. The Balaban J connectivity index is 1.58. The van der Waals surface area contributed by atoms with E-state index in [9.17, 15) is 13.2 Å². The predicted molar refractivity (Wildman–Crippen MR) is 91.5 cm³/mol. The van der Waals surface area contributed by atoms with Crippen LogP contribution in [0.15, 0.2) is 47.1 Å². The highest BCUT2D eigenvalue weighted by atomic mass is 32.2. The van der Waals surface area contributed by atoms with Crippen molar-refractivity contribution in [3.63, 3.8) is 0 Å². The van der Waals surface area contributed by atoms with Crippen LogP contribution in [0.3, 0.4) is 0 Å². The van der Waals surface area contributed by atoms with Crippen LogP contribution in [-0.4, -0.2) is 37.6 Å². The summed E-state index contributed by atoms with van der Waals surface area (Å²) < 4.78 is 29.7. The molecule has 24 heavy (non-hydrogen) atoms. The Morgan fingerprint density at radius 1 is 1.21 bits per heavy atom. The molecule has 1 aromatic heterocycles. The van der Waals surface area contributed by atoms with Gasteiger partial charge >= 0.3 is 0 Å². The van der Waals surface area contributed by atoms with E-state index in [1.54, 1.807) is 17.0 Å². The minimum absolute atomic E-state index is 0.109. The molecule has 0 unspecified atom stereocenters. The number of benzene rings is 1. The average molecular weight is 347 g/mol. The summed E-state index contributed by atoms with van der Waals surface area (Å²) in [5, 5.41) is -0.508. The molecule has 0 N–H and O–H groups in total. The summed E-state index contributed by atoms with van der Waals surface area (Å²) in [6, 6.07) is 10.9.